The lowest BCUT2D eigenvalue weighted by Gasteiger charge is -1.93. The molecule has 0 saturated carbocycles. The Kier molecular flexibility index (Phi) is 1.87. The van der Waals surface area contributed by atoms with Crippen molar-refractivity contribution in [1.29, 1.82) is 0 Å². The Morgan fingerprint density at radius 1 is 1.50 bits per heavy atom. The Morgan fingerprint density at radius 3 is 3.25 bits per heavy atom. The second kappa shape index (κ2) is 3.03. The van der Waals surface area contributed by atoms with Crippen molar-refractivity contribution >= 4 is 27.9 Å². The van der Waals surface area contributed by atoms with Crippen LogP contribution in [0.4, 0.5) is 0 Å². The molecule has 1 aromatic carbocycles. The molecule has 2 aromatic rings. The SMILES string of the molecule is O=CCc1ccc2cnsc2c1. The van der Waals surface area contributed by atoms with Crippen LogP contribution in [0.25, 0.3) is 10.1 Å². The molecule has 0 atom stereocenters. The summed E-state index contributed by atoms with van der Waals surface area (Å²) in [6, 6.07) is 5.98. The Bertz CT molecular complexity index is 408. The van der Waals surface area contributed by atoms with Crippen LogP contribution in [-0.2, 0) is 11.2 Å². The molecule has 0 saturated heterocycles. The zero-order valence-electron chi connectivity index (χ0n) is 6.36. The fourth-order valence-electron chi connectivity index (χ4n) is 1.13. The largest absolute Gasteiger partial charge is 0.303 e. The minimum atomic E-state index is 0.494. The molecule has 0 unspecified atom stereocenters. The van der Waals surface area contributed by atoms with Gasteiger partial charge in [-0.15, -0.1) is 0 Å². The van der Waals surface area contributed by atoms with E-state index in [2.05, 4.69) is 4.37 Å². The Morgan fingerprint density at radius 2 is 2.42 bits per heavy atom. The number of aldehydes is 1. The second-order valence-electron chi connectivity index (χ2n) is 2.57. The summed E-state index contributed by atoms with van der Waals surface area (Å²) in [4.78, 5) is 10.2. The van der Waals surface area contributed by atoms with Gasteiger partial charge in [-0.05, 0) is 23.2 Å². The maximum Gasteiger partial charge on any atom is 0.124 e. The molecule has 0 bridgehead atoms. The highest BCUT2D eigenvalue weighted by Crippen LogP contribution is 2.19. The van der Waals surface area contributed by atoms with Crippen molar-refractivity contribution < 1.29 is 4.79 Å². The minimum absolute atomic E-state index is 0.494. The molecule has 0 N–H and O–H groups in total. The fraction of sp³-hybridized carbons (Fsp3) is 0.111. The van der Waals surface area contributed by atoms with Crippen LogP contribution in [0.5, 0.6) is 0 Å². The van der Waals surface area contributed by atoms with Gasteiger partial charge < -0.3 is 4.79 Å². The molecule has 1 aromatic heterocycles. The summed E-state index contributed by atoms with van der Waals surface area (Å²) in [6.45, 7) is 0. The van der Waals surface area contributed by atoms with Crippen molar-refractivity contribution in [3.05, 3.63) is 30.0 Å². The van der Waals surface area contributed by atoms with E-state index in [4.69, 9.17) is 0 Å². The topological polar surface area (TPSA) is 30.0 Å². The molecular formula is C9H7NOS. The highest BCUT2D eigenvalue weighted by Gasteiger charge is 1.97. The number of rotatable bonds is 2. The summed E-state index contributed by atoms with van der Waals surface area (Å²) in [5, 5.41) is 1.15. The number of fused-ring (bicyclic) bond motifs is 1. The molecule has 2 rings (SSSR count). The van der Waals surface area contributed by atoms with Gasteiger partial charge in [0.15, 0.2) is 0 Å². The molecule has 0 fully saturated rings. The molecular weight excluding hydrogens is 170 g/mol. The lowest BCUT2D eigenvalue weighted by Crippen LogP contribution is -1.83. The van der Waals surface area contributed by atoms with Crippen LogP contribution in [0.3, 0.4) is 0 Å². The van der Waals surface area contributed by atoms with Crippen molar-refractivity contribution in [2.75, 3.05) is 0 Å². The van der Waals surface area contributed by atoms with Crippen LogP contribution in [0.15, 0.2) is 24.4 Å². The summed E-state index contributed by atoms with van der Waals surface area (Å²) in [5.41, 5.74) is 1.06. The number of hydrogen-bond acceptors (Lipinski definition) is 3. The number of carbonyl (C=O) groups excluding carboxylic acids is 1. The highest BCUT2D eigenvalue weighted by atomic mass is 32.1. The van der Waals surface area contributed by atoms with E-state index in [1.807, 2.05) is 24.4 Å². The van der Waals surface area contributed by atoms with E-state index in [9.17, 15) is 4.79 Å². The molecule has 0 aliphatic heterocycles. The van der Waals surface area contributed by atoms with Gasteiger partial charge >= 0.3 is 0 Å². The Labute approximate surface area is 74.0 Å². The van der Waals surface area contributed by atoms with Gasteiger partial charge in [-0.1, -0.05) is 12.1 Å². The van der Waals surface area contributed by atoms with Crippen molar-refractivity contribution in [2.45, 2.75) is 6.42 Å². The first-order chi connectivity index (χ1) is 5.90. The minimum Gasteiger partial charge on any atom is -0.303 e. The van der Waals surface area contributed by atoms with Gasteiger partial charge in [0.2, 0.25) is 0 Å². The van der Waals surface area contributed by atoms with Gasteiger partial charge in [0.1, 0.15) is 6.29 Å². The van der Waals surface area contributed by atoms with Crippen molar-refractivity contribution in [2.24, 2.45) is 0 Å². The van der Waals surface area contributed by atoms with E-state index in [1.54, 1.807) is 0 Å². The summed E-state index contributed by atoms with van der Waals surface area (Å²) in [6.07, 6.45) is 3.25. The molecule has 2 nitrogen and oxygen atoms in total. The number of benzene rings is 1. The van der Waals surface area contributed by atoms with E-state index in [0.717, 1.165) is 21.9 Å². The summed E-state index contributed by atoms with van der Waals surface area (Å²) in [5.74, 6) is 0. The number of aromatic nitrogens is 1. The van der Waals surface area contributed by atoms with Crippen LogP contribution in [0, 0.1) is 0 Å². The normalized spacial score (nSPS) is 10.3. The smallest absolute Gasteiger partial charge is 0.124 e. The molecule has 3 heteroatoms. The third-order valence-electron chi connectivity index (χ3n) is 1.74. The zero-order chi connectivity index (χ0) is 8.39. The lowest BCUT2D eigenvalue weighted by atomic mass is 10.1. The maximum absolute atomic E-state index is 10.2. The Balaban J connectivity index is 2.52. The molecule has 0 spiro atoms. The first-order valence-corrected chi connectivity index (χ1v) is 4.44. The molecule has 1 heterocycles. The quantitative estimate of drug-likeness (QED) is 0.657. The third kappa shape index (κ3) is 1.23. The predicted octanol–water partition coefficient (Wildman–Crippen LogP) is 2.04. The van der Waals surface area contributed by atoms with E-state index in [0.29, 0.717) is 6.42 Å². The molecule has 0 radical (unpaired) electrons. The molecule has 0 aliphatic rings. The number of hydrogen-bond donors (Lipinski definition) is 0. The average molecular weight is 177 g/mol. The van der Waals surface area contributed by atoms with Crippen LogP contribution >= 0.6 is 11.5 Å². The molecule has 0 amide bonds. The van der Waals surface area contributed by atoms with Crippen LogP contribution < -0.4 is 0 Å². The fourth-order valence-corrected chi connectivity index (χ4v) is 1.84. The number of nitrogens with zero attached hydrogens (tertiary/aromatic N) is 1. The van der Waals surface area contributed by atoms with Crippen LogP contribution in [0.2, 0.25) is 0 Å². The van der Waals surface area contributed by atoms with E-state index < -0.39 is 0 Å². The summed E-state index contributed by atoms with van der Waals surface area (Å²) >= 11 is 1.46. The van der Waals surface area contributed by atoms with Gasteiger partial charge in [-0.3, -0.25) is 0 Å². The van der Waals surface area contributed by atoms with Gasteiger partial charge in [-0.2, -0.15) is 4.37 Å². The summed E-state index contributed by atoms with van der Waals surface area (Å²) in [7, 11) is 0. The van der Waals surface area contributed by atoms with Crippen molar-refractivity contribution in [3.63, 3.8) is 0 Å². The highest BCUT2D eigenvalue weighted by molar-refractivity contribution is 7.13. The van der Waals surface area contributed by atoms with Crippen LogP contribution in [0.1, 0.15) is 5.56 Å². The number of carbonyl (C=O) groups is 1. The lowest BCUT2D eigenvalue weighted by molar-refractivity contribution is -0.107. The molecule has 60 valence electrons. The zero-order valence-corrected chi connectivity index (χ0v) is 7.17. The second-order valence-corrected chi connectivity index (χ2v) is 3.40. The molecule has 12 heavy (non-hydrogen) atoms. The van der Waals surface area contributed by atoms with Crippen LogP contribution in [-0.4, -0.2) is 10.7 Å². The van der Waals surface area contributed by atoms with E-state index in [1.165, 1.54) is 11.5 Å². The van der Waals surface area contributed by atoms with Gasteiger partial charge in [-0.25, -0.2) is 0 Å². The maximum atomic E-state index is 10.2. The standard InChI is InChI=1S/C9H7NOS/c11-4-3-7-1-2-8-6-10-12-9(8)5-7/h1-2,4-6H,3H2. The average Bonchev–Trinajstić information content (AvgIpc) is 2.51. The first kappa shape index (κ1) is 7.43. The van der Waals surface area contributed by atoms with E-state index >= 15 is 0 Å². The van der Waals surface area contributed by atoms with Gasteiger partial charge in [0, 0.05) is 18.0 Å². The molecule has 0 aliphatic carbocycles. The van der Waals surface area contributed by atoms with Gasteiger partial charge in [0.25, 0.3) is 0 Å². The van der Waals surface area contributed by atoms with E-state index in [-0.39, 0.29) is 0 Å². The summed E-state index contributed by atoms with van der Waals surface area (Å²) < 4.78 is 5.20. The monoisotopic (exact) mass is 177 g/mol. The van der Waals surface area contributed by atoms with Crippen molar-refractivity contribution in [1.82, 2.24) is 4.37 Å². The Hall–Kier alpha value is -1.22. The van der Waals surface area contributed by atoms with Gasteiger partial charge in [0.05, 0.1) is 4.70 Å². The third-order valence-corrected chi connectivity index (χ3v) is 2.50. The first-order valence-electron chi connectivity index (χ1n) is 3.67. The predicted molar refractivity (Wildman–Crippen MR) is 49.4 cm³/mol. The van der Waals surface area contributed by atoms with Crippen molar-refractivity contribution in [3.8, 4) is 0 Å².